The highest BCUT2D eigenvalue weighted by molar-refractivity contribution is 5.92. The fourth-order valence-corrected chi connectivity index (χ4v) is 2.53. The maximum absolute atomic E-state index is 12.1. The van der Waals surface area contributed by atoms with Crippen molar-refractivity contribution in [2.75, 3.05) is 26.2 Å². The molecule has 6 nitrogen and oxygen atoms in total. The van der Waals surface area contributed by atoms with E-state index in [1.54, 1.807) is 24.3 Å². The number of rotatable bonds is 6. The summed E-state index contributed by atoms with van der Waals surface area (Å²) in [5.41, 5.74) is 11.4. The number of likely N-dealkylation sites (tertiary alicyclic amines) is 1. The second-order valence-electron chi connectivity index (χ2n) is 6.07. The van der Waals surface area contributed by atoms with E-state index in [9.17, 15) is 9.59 Å². The van der Waals surface area contributed by atoms with E-state index >= 15 is 0 Å². The summed E-state index contributed by atoms with van der Waals surface area (Å²) < 4.78 is 5.52. The van der Waals surface area contributed by atoms with Crippen molar-refractivity contribution in [3.63, 3.8) is 0 Å². The second kappa shape index (κ2) is 8.17. The predicted molar refractivity (Wildman–Crippen MR) is 90.7 cm³/mol. The van der Waals surface area contributed by atoms with E-state index in [-0.39, 0.29) is 23.7 Å². The fourth-order valence-electron chi connectivity index (χ4n) is 2.53. The molecule has 2 rings (SSSR count). The monoisotopic (exact) mass is 341 g/mol. The Morgan fingerprint density at radius 3 is 2.48 bits per heavy atom. The number of amides is 2. The van der Waals surface area contributed by atoms with Gasteiger partial charge in [0.1, 0.15) is 5.75 Å². The number of hydrogen-bond acceptors (Lipinski definition) is 4. The number of nitrogens with zero attached hydrogens (tertiary/aromatic N) is 1. The third-order valence-corrected chi connectivity index (χ3v) is 4.13. The lowest BCUT2D eigenvalue weighted by molar-refractivity contribution is -0.131. The molecule has 128 valence electrons. The molecule has 7 heteroatoms. The van der Waals surface area contributed by atoms with Crippen LogP contribution in [0.4, 0.5) is 0 Å². The van der Waals surface area contributed by atoms with Crippen LogP contribution in [0.25, 0.3) is 0 Å². The van der Waals surface area contributed by atoms with Crippen LogP contribution in [0.2, 0.25) is 0 Å². The minimum atomic E-state index is -0.473. The molecule has 4 N–H and O–H groups in total. The minimum absolute atomic E-state index is 0. The van der Waals surface area contributed by atoms with Crippen LogP contribution in [0.5, 0.6) is 5.75 Å². The predicted octanol–water partition coefficient (Wildman–Crippen LogP) is 1.17. The largest absolute Gasteiger partial charge is 0.493 e. The van der Waals surface area contributed by atoms with Gasteiger partial charge in [0, 0.05) is 18.7 Å². The Bertz CT molecular complexity index is 550. The molecule has 1 heterocycles. The molecule has 23 heavy (non-hydrogen) atoms. The quantitative estimate of drug-likeness (QED) is 0.811. The van der Waals surface area contributed by atoms with Crippen LogP contribution in [0.3, 0.4) is 0 Å². The number of hydrogen-bond donors (Lipinski definition) is 2. The van der Waals surface area contributed by atoms with Gasteiger partial charge in [0.2, 0.25) is 11.8 Å². The fraction of sp³-hybridized carbons (Fsp3) is 0.500. The molecule has 1 fully saturated rings. The first-order valence-electron chi connectivity index (χ1n) is 7.44. The Morgan fingerprint density at radius 2 is 1.96 bits per heavy atom. The maximum atomic E-state index is 12.1. The second-order valence-corrected chi connectivity index (χ2v) is 6.07. The van der Waals surface area contributed by atoms with Crippen LogP contribution in [0.1, 0.15) is 30.1 Å². The lowest BCUT2D eigenvalue weighted by atomic mass is 9.90. The summed E-state index contributed by atoms with van der Waals surface area (Å²) in [6, 6.07) is 6.55. The number of carbonyl (C=O) groups excluding carboxylic acids is 2. The normalized spacial score (nSPS) is 20.0. The first-order valence-corrected chi connectivity index (χ1v) is 7.44. The third-order valence-electron chi connectivity index (χ3n) is 4.13. The number of halogens is 1. The maximum Gasteiger partial charge on any atom is 0.248 e. The molecule has 0 bridgehead atoms. The Labute approximate surface area is 142 Å². The third kappa shape index (κ3) is 5.11. The molecule has 1 aromatic rings. The first kappa shape index (κ1) is 19.3. The van der Waals surface area contributed by atoms with Crippen molar-refractivity contribution in [2.45, 2.75) is 19.8 Å². The topological polar surface area (TPSA) is 98.7 Å². The van der Waals surface area contributed by atoms with Crippen molar-refractivity contribution in [3.05, 3.63) is 29.8 Å². The summed E-state index contributed by atoms with van der Waals surface area (Å²) in [6.07, 6.45) is 1.28. The number of carbonyl (C=O) groups is 2. The number of ether oxygens (including phenoxy) is 1. The molecule has 1 saturated heterocycles. The molecule has 0 saturated carbocycles. The molecular weight excluding hydrogens is 318 g/mol. The van der Waals surface area contributed by atoms with Gasteiger partial charge in [-0.15, -0.1) is 12.4 Å². The van der Waals surface area contributed by atoms with Crippen LogP contribution >= 0.6 is 12.4 Å². The minimum Gasteiger partial charge on any atom is -0.493 e. The molecule has 1 unspecified atom stereocenters. The van der Waals surface area contributed by atoms with E-state index in [1.807, 2.05) is 4.90 Å². The van der Waals surface area contributed by atoms with Gasteiger partial charge in [-0.05, 0) is 42.6 Å². The molecule has 1 aliphatic rings. The lowest BCUT2D eigenvalue weighted by Crippen LogP contribution is -2.35. The molecule has 0 aliphatic carbocycles. The summed E-state index contributed by atoms with van der Waals surface area (Å²) in [5, 5.41) is 0. The molecule has 0 radical (unpaired) electrons. The van der Waals surface area contributed by atoms with E-state index in [4.69, 9.17) is 16.2 Å². The molecule has 1 aliphatic heterocycles. The van der Waals surface area contributed by atoms with Crippen molar-refractivity contribution in [1.29, 1.82) is 0 Å². The van der Waals surface area contributed by atoms with E-state index < -0.39 is 5.91 Å². The van der Waals surface area contributed by atoms with Crippen LogP contribution in [-0.4, -0.2) is 43.0 Å². The number of benzene rings is 1. The highest BCUT2D eigenvalue weighted by Gasteiger charge is 2.34. The van der Waals surface area contributed by atoms with Crippen LogP contribution in [0.15, 0.2) is 24.3 Å². The van der Waals surface area contributed by atoms with Crippen molar-refractivity contribution < 1.29 is 14.3 Å². The molecule has 1 aromatic carbocycles. The Hall–Kier alpha value is -1.79. The molecule has 1 atom stereocenters. The number of primary amides is 1. The van der Waals surface area contributed by atoms with Gasteiger partial charge >= 0.3 is 0 Å². The van der Waals surface area contributed by atoms with Crippen molar-refractivity contribution >= 4 is 24.2 Å². The van der Waals surface area contributed by atoms with Gasteiger partial charge < -0.3 is 21.1 Å². The zero-order chi connectivity index (χ0) is 16.2. The van der Waals surface area contributed by atoms with Crippen molar-refractivity contribution in [2.24, 2.45) is 16.9 Å². The highest BCUT2D eigenvalue weighted by atomic mass is 35.5. The zero-order valence-electron chi connectivity index (χ0n) is 13.3. The van der Waals surface area contributed by atoms with E-state index in [0.29, 0.717) is 30.9 Å². The zero-order valence-corrected chi connectivity index (χ0v) is 14.1. The van der Waals surface area contributed by atoms with E-state index in [1.165, 1.54) is 0 Å². The smallest absolute Gasteiger partial charge is 0.248 e. The van der Waals surface area contributed by atoms with Gasteiger partial charge in [-0.25, -0.2) is 0 Å². The summed E-state index contributed by atoms with van der Waals surface area (Å²) in [5.74, 6) is 0.232. The van der Waals surface area contributed by atoms with Crippen molar-refractivity contribution in [3.8, 4) is 5.75 Å². The summed E-state index contributed by atoms with van der Waals surface area (Å²) in [4.78, 5) is 24.9. The molecule has 0 aromatic heterocycles. The summed E-state index contributed by atoms with van der Waals surface area (Å²) in [6.45, 7) is 4.50. The lowest BCUT2D eigenvalue weighted by Gasteiger charge is -2.22. The highest BCUT2D eigenvalue weighted by Crippen LogP contribution is 2.28. The Kier molecular flexibility index (Phi) is 6.84. The van der Waals surface area contributed by atoms with Crippen LogP contribution in [-0.2, 0) is 4.79 Å². The van der Waals surface area contributed by atoms with Crippen LogP contribution in [0, 0.1) is 5.41 Å². The van der Waals surface area contributed by atoms with Crippen LogP contribution < -0.4 is 16.2 Å². The van der Waals surface area contributed by atoms with Gasteiger partial charge in [0.15, 0.2) is 0 Å². The average molecular weight is 342 g/mol. The average Bonchev–Trinajstić information content (AvgIpc) is 2.91. The van der Waals surface area contributed by atoms with E-state index in [0.717, 1.165) is 19.5 Å². The van der Waals surface area contributed by atoms with Crippen molar-refractivity contribution in [1.82, 2.24) is 4.90 Å². The Morgan fingerprint density at radius 1 is 1.30 bits per heavy atom. The SMILES string of the molecule is CC1(CN)CCN(C(=O)CCOc2ccc(C(N)=O)cc2)C1.Cl. The van der Waals surface area contributed by atoms with Gasteiger partial charge in [-0.1, -0.05) is 6.92 Å². The van der Waals surface area contributed by atoms with Gasteiger partial charge in [-0.2, -0.15) is 0 Å². The van der Waals surface area contributed by atoms with Gasteiger partial charge in [0.25, 0.3) is 0 Å². The Balaban J connectivity index is 0.00000264. The molecule has 0 spiro atoms. The standard InChI is InChI=1S/C16H23N3O3.ClH/c1-16(10-17)7-8-19(11-16)14(20)6-9-22-13-4-2-12(3-5-13)15(18)21;/h2-5H,6-11,17H2,1H3,(H2,18,21);1H. The molecular formula is C16H24ClN3O3. The number of nitrogens with two attached hydrogens (primary N) is 2. The summed E-state index contributed by atoms with van der Waals surface area (Å²) >= 11 is 0. The van der Waals surface area contributed by atoms with Gasteiger partial charge in [-0.3, -0.25) is 9.59 Å². The molecule has 2 amide bonds. The van der Waals surface area contributed by atoms with Gasteiger partial charge in [0.05, 0.1) is 13.0 Å². The first-order chi connectivity index (χ1) is 10.4. The van der Waals surface area contributed by atoms with E-state index in [2.05, 4.69) is 6.92 Å². The summed E-state index contributed by atoms with van der Waals surface area (Å²) in [7, 11) is 0.